The molecule has 0 saturated carbocycles. The van der Waals surface area contributed by atoms with Gasteiger partial charge in [0.2, 0.25) is 0 Å². The van der Waals surface area contributed by atoms with Crippen molar-refractivity contribution in [3.63, 3.8) is 0 Å². The zero-order chi connectivity index (χ0) is 15.6. The highest BCUT2D eigenvalue weighted by atomic mass is 79.9. The minimum atomic E-state index is -1.17. The van der Waals surface area contributed by atoms with Crippen LogP contribution in [0, 0.1) is 0 Å². The van der Waals surface area contributed by atoms with E-state index in [0.717, 1.165) is 0 Å². The molecule has 0 saturated heterocycles. The van der Waals surface area contributed by atoms with Gasteiger partial charge in [-0.15, -0.1) is 0 Å². The van der Waals surface area contributed by atoms with Gasteiger partial charge in [-0.05, 0) is 52.3 Å². The SMILES string of the molecule is Nc1ccc(NC(=O)c2ccc(Cl)cc2Br)c(C(=O)O)c1. The lowest BCUT2D eigenvalue weighted by Gasteiger charge is -2.10. The van der Waals surface area contributed by atoms with Gasteiger partial charge in [0.1, 0.15) is 0 Å². The molecule has 21 heavy (non-hydrogen) atoms. The number of hydrogen-bond acceptors (Lipinski definition) is 3. The van der Waals surface area contributed by atoms with Gasteiger partial charge in [-0.3, -0.25) is 4.79 Å². The largest absolute Gasteiger partial charge is 0.478 e. The first kappa shape index (κ1) is 15.3. The van der Waals surface area contributed by atoms with Crippen LogP contribution >= 0.6 is 27.5 Å². The second-order valence-corrected chi connectivity index (χ2v) is 5.48. The van der Waals surface area contributed by atoms with Crippen molar-refractivity contribution in [1.29, 1.82) is 0 Å². The lowest BCUT2D eigenvalue weighted by molar-refractivity contribution is 0.0698. The first-order chi connectivity index (χ1) is 9.88. The fraction of sp³-hybridized carbons (Fsp3) is 0. The van der Waals surface area contributed by atoms with E-state index in [1.165, 1.54) is 18.2 Å². The van der Waals surface area contributed by atoms with Crippen LogP contribution in [0.5, 0.6) is 0 Å². The number of carbonyl (C=O) groups excluding carboxylic acids is 1. The second kappa shape index (κ2) is 6.15. The Hall–Kier alpha value is -2.05. The van der Waals surface area contributed by atoms with Crippen LogP contribution in [0.4, 0.5) is 11.4 Å². The number of hydrogen-bond donors (Lipinski definition) is 3. The molecule has 5 nitrogen and oxygen atoms in total. The lowest BCUT2D eigenvalue weighted by Crippen LogP contribution is -2.15. The van der Waals surface area contributed by atoms with Gasteiger partial charge in [0.25, 0.3) is 5.91 Å². The standard InChI is InChI=1S/C14H10BrClN2O3/c15-11-5-7(16)1-3-9(11)13(19)18-12-4-2-8(17)6-10(12)14(20)21/h1-6H,17H2,(H,18,19)(H,20,21). The van der Waals surface area contributed by atoms with Crippen molar-refractivity contribution in [3.05, 3.63) is 57.0 Å². The number of carbonyl (C=O) groups is 2. The van der Waals surface area contributed by atoms with E-state index < -0.39 is 11.9 Å². The summed E-state index contributed by atoms with van der Waals surface area (Å²) in [5.41, 5.74) is 6.29. The highest BCUT2D eigenvalue weighted by Crippen LogP contribution is 2.24. The fourth-order valence-electron chi connectivity index (χ4n) is 1.71. The topological polar surface area (TPSA) is 92.4 Å². The molecule has 0 heterocycles. The Morgan fingerprint density at radius 2 is 1.86 bits per heavy atom. The van der Waals surface area contributed by atoms with E-state index in [9.17, 15) is 9.59 Å². The molecule has 108 valence electrons. The van der Waals surface area contributed by atoms with Gasteiger partial charge in [0.15, 0.2) is 0 Å². The zero-order valence-corrected chi connectivity index (χ0v) is 12.9. The summed E-state index contributed by atoms with van der Waals surface area (Å²) in [5, 5.41) is 12.2. The number of nitrogens with one attached hydrogen (secondary N) is 1. The highest BCUT2D eigenvalue weighted by Gasteiger charge is 2.15. The number of nitrogens with two attached hydrogens (primary N) is 1. The summed E-state index contributed by atoms with van der Waals surface area (Å²) in [5.74, 6) is -1.63. The Labute approximate surface area is 133 Å². The number of carboxylic acid groups (broad SMARTS) is 1. The number of anilines is 2. The Morgan fingerprint density at radius 1 is 1.14 bits per heavy atom. The summed E-state index contributed by atoms with van der Waals surface area (Å²) in [6.07, 6.45) is 0. The first-order valence-corrected chi connectivity index (χ1v) is 6.95. The molecule has 0 unspecified atom stereocenters. The van der Waals surface area contributed by atoms with E-state index >= 15 is 0 Å². The Bertz CT molecular complexity index is 734. The molecule has 0 aliphatic rings. The number of amides is 1. The third-order valence-corrected chi connectivity index (χ3v) is 3.59. The van der Waals surface area contributed by atoms with Crippen LogP contribution in [0.15, 0.2) is 40.9 Å². The van der Waals surface area contributed by atoms with E-state index in [1.54, 1.807) is 18.2 Å². The average Bonchev–Trinajstić information content (AvgIpc) is 2.40. The van der Waals surface area contributed by atoms with Gasteiger partial charge in [-0.25, -0.2) is 4.79 Å². The van der Waals surface area contributed by atoms with Gasteiger partial charge in [-0.1, -0.05) is 11.6 Å². The normalized spacial score (nSPS) is 10.2. The van der Waals surface area contributed by atoms with Gasteiger partial charge in [0.05, 0.1) is 16.8 Å². The van der Waals surface area contributed by atoms with Gasteiger partial charge >= 0.3 is 5.97 Å². The van der Waals surface area contributed by atoms with Crippen LogP contribution < -0.4 is 11.1 Å². The molecule has 0 aliphatic heterocycles. The van der Waals surface area contributed by atoms with Crippen LogP contribution in [0.25, 0.3) is 0 Å². The van der Waals surface area contributed by atoms with E-state index in [2.05, 4.69) is 21.2 Å². The minimum absolute atomic E-state index is 0.0755. The molecule has 7 heteroatoms. The van der Waals surface area contributed by atoms with Crippen molar-refractivity contribution in [2.24, 2.45) is 0 Å². The van der Waals surface area contributed by atoms with E-state index in [1.807, 2.05) is 0 Å². The predicted molar refractivity (Wildman–Crippen MR) is 84.9 cm³/mol. The first-order valence-electron chi connectivity index (χ1n) is 5.77. The molecule has 0 fully saturated rings. The zero-order valence-electron chi connectivity index (χ0n) is 10.6. The molecule has 4 N–H and O–H groups in total. The molecule has 0 spiro atoms. The minimum Gasteiger partial charge on any atom is -0.478 e. The van der Waals surface area contributed by atoms with E-state index in [0.29, 0.717) is 20.7 Å². The van der Waals surface area contributed by atoms with Crippen molar-refractivity contribution >= 4 is 50.8 Å². The Balaban J connectivity index is 2.34. The van der Waals surface area contributed by atoms with E-state index in [4.69, 9.17) is 22.4 Å². The molecule has 0 radical (unpaired) electrons. The monoisotopic (exact) mass is 368 g/mol. The number of halogens is 2. The molecule has 0 aliphatic carbocycles. The summed E-state index contributed by atoms with van der Waals surface area (Å²) in [6, 6.07) is 8.94. The lowest BCUT2D eigenvalue weighted by atomic mass is 10.1. The molecule has 2 aromatic carbocycles. The summed E-state index contributed by atoms with van der Waals surface area (Å²) < 4.78 is 0.514. The maximum atomic E-state index is 12.2. The van der Waals surface area contributed by atoms with Crippen molar-refractivity contribution in [1.82, 2.24) is 0 Å². The number of nitrogen functional groups attached to an aromatic ring is 1. The average molecular weight is 370 g/mol. The second-order valence-electron chi connectivity index (χ2n) is 4.19. The number of aromatic carboxylic acids is 1. The van der Waals surface area contributed by atoms with Crippen molar-refractivity contribution < 1.29 is 14.7 Å². The summed E-state index contributed by atoms with van der Waals surface area (Å²) >= 11 is 9.05. The fourth-order valence-corrected chi connectivity index (χ4v) is 2.57. The predicted octanol–water partition coefficient (Wildman–Crippen LogP) is 3.64. The Morgan fingerprint density at radius 3 is 2.48 bits per heavy atom. The van der Waals surface area contributed by atoms with Crippen LogP contribution in [0.1, 0.15) is 20.7 Å². The molecule has 2 rings (SSSR count). The third kappa shape index (κ3) is 3.53. The van der Waals surface area contributed by atoms with Crippen LogP contribution in [0.2, 0.25) is 5.02 Å². The van der Waals surface area contributed by atoms with Gasteiger partial charge < -0.3 is 16.2 Å². The number of benzene rings is 2. The molecule has 1 amide bonds. The third-order valence-electron chi connectivity index (χ3n) is 2.70. The molecule has 0 atom stereocenters. The van der Waals surface area contributed by atoms with Crippen molar-refractivity contribution in [2.75, 3.05) is 11.1 Å². The van der Waals surface area contributed by atoms with Crippen molar-refractivity contribution in [2.45, 2.75) is 0 Å². The molecular formula is C14H10BrClN2O3. The van der Waals surface area contributed by atoms with Crippen LogP contribution in [-0.4, -0.2) is 17.0 Å². The smallest absolute Gasteiger partial charge is 0.337 e. The van der Waals surface area contributed by atoms with Crippen LogP contribution in [0.3, 0.4) is 0 Å². The number of rotatable bonds is 3. The maximum Gasteiger partial charge on any atom is 0.337 e. The molecular weight excluding hydrogens is 360 g/mol. The summed E-state index contributed by atoms with van der Waals surface area (Å²) in [4.78, 5) is 23.4. The Kier molecular flexibility index (Phi) is 4.50. The van der Waals surface area contributed by atoms with Crippen molar-refractivity contribution in [3.8, 4) is 0 Å². The van der Waals surface area contributed by atoms with Crippen LogP contribution in [-0.2, 0) is 0 Å². The van der Waals surface area contributed by atoms with Gasteiger partial charge in [-0.2, -0.15) is 0 Å². The highest BCUT2D eigenvalue weighted by molar-refractivity contribution is 9.10. The number of carboxylic acids is 1. The molecule has 0 aromatic heterocycles. The quantitative estimate of drug-likeness (QED) is 0.720. The van der Waals surface area contributed by atoms with E-state index in [-0.39, 0.29) is 11.3 Å². The molecule has 2 aromatic rings. The maximum absolute atomic E-state index is 12.2. The summed E-state index contributed by atoms with van der Waals surface area (Å²) in [7, 11) is 0. The molecule has 0 bridgehead atoms. The summed E-state index contributed by atoms with van der Waals surface area (Å²) in [6.45, 7) is 0. The van der Waals surface area contributed by atoms with Gasteiger partial charge in [0, 0.05) is 15.2 Å².